The van der Waals surface area contributed by atoms with Crippen LogP contribution >= 0.6 is 0 Å². The fraction of sp³-hybridized carbons (Fsp3) is 0.195. The van der Waals surface area contributed by atoms with Crippen molar-refractivity contribution in [2.45, 2.75) is 38.1 Å². The zero-order valence-corrected chi connectivity index (χ0v) is 27.5. The van der Waals surface area contributed by atoms with Crippen molar-refractivity contribution < 1.29 is 27.5 Å². The minimum atomic E-state index is -4.47. The van der Waals surface area contributed by atoms with E-state index in [2.05, 4.69) is 4.98 Å². The topological polar surface area (TPSA) is 62.7 Å². The number of alkyl halides is 3. The van der Waals surface area contributed by atoms with Crippen LogP contribution in [0.5, 0.6) is 5.75 Å². The number of aromatic nitrogens is 1. The summed E-state index contributed by atoms with van der Waals surface area (Å²) in [6, 6.07) is 32.5. The number of halogens is 3. The maximum Gasteiger partial charge on any atom is 0.416 e. The largest absolute Gasteiger partial charge is 0.496 e. The second kappa shape index (κ2) is 15.2. The molecule has 0 saturated carbocycles. The number of hydrogen-bond donors (Lipinski definition) is 0. The van der Waals surface area contributed by atoms with Gasteiger partial charge in [-0.2, -0.15) is 13.2 Å². The van der Waals surface area contributed by atoms with Crippen molar-refractivity contribution >= 4 is 17.9 Å². The van der Waals surface area contributed by atoms with Crippen LogP contribution in [0.4, 0.5) is 13.2 Å². The third-order valence-corrected chi connectivity index (χ3v) is 8.89. The number of hydrogen-bond acceptors (Lipinski definition) is 4. The van der Waals surface area contributed by atoms with Crippen LogP contribution in [-0.2, 0) is 41.7 Å². The number of ether oxygens (including phenoxy) is 1. The normalized spacial score (nSPS) is 13.5. The highest BCUT2D eigenvalue weighted by Gasteiger charge is 2.35. The number of pyridine rings is 1. The van der Waals surface area contributed by atoms with E-state index in [0.717, 1.165) is 51.4 Å². The van der Waals surface area contributed by atoms with Crippen LogP contribution in [0.2, 0.25) is 0 Å². The third-order valence-electron chi connectivity index (χ3n) is 8.89. The molecule has 6 nitrogen and oxygen atoms in total. The quantitative estimate of drug-likeness (QED) is 0.141. The Labute approximate surface area is 289 Å². The molecule has 1 aliphatic rings. The molecule has 50 heavy (non-hydrogen) atoms. The van der Waals surface area contributed by atoms with E-state index in [1.54, 1.807) is 23.1 Å². The van der Waals surface area contributed by atoms with Crippen molar-refractivity contribution in [2.24, 2.45) is 0 Å². The molecule has 1 atom stereocenters. The first kappa shape index (κ1) is 34.2. The van der Waals surface area contributed by atoms with E-state index in [1.807, 2.05) is 91.0 Å². The van der Waals surface area contributed by atoms with Crippen LogP contribution < -0.4 is 4.74 Å². The van der Waals surface area contributed by atoms with E-state index >= 15 is 0 Å². The van der Waals surface area contributed by atoms with E-state index in [0.29, 0.717) is 25.1 Å². The molecule has 5 aromatic rings. The van der Waals surface area contributed by atoms with Crippen molar-refractivity contribution in [2.75, 3.05) is 13.7 Å². The van der Waals surface area contributed by atoms with Crippen LogP contribution in [0.15, 0.2) is 128 Å². The van der Waals surface area contributed by atoms with E-state index in [1.165, 1.54) is 24.3 Å². The zero-order chi connectivity index (χ0) is 35.1. The Bertz CT molecular complexity index is 1950. The van der Waals surface area contributed by atoms with Crippen LogP contribution in [0.1, 0.15) is 33.4 Å². The van der Waals surface area contributed by atoms with E-state index < -0.39 is 23.7 Å². The highest BCUT2D eigenvalue weighted by atomic mass is 19.4. The molecule has 2 heterocycles. The minimum absolute atomic E-state index is 0.125. The molecular formula is C41H36F3N3O3. The molecule has 2 amide bonds. The molecule has 1 aliphatic heterocycles. The van der Waals surface area contributed by atoms with Crippen LogP contribution in [0.3, 0.4) is 0 Å². The number of amides is 2. The van der Waals surface area contributed by atoms with Gasteiger partial charge < -0.3 is 14.5 Å². The highest BCUT2D eigenvalue weighted by Crippen LogP contribution is 2.31. The number of carbonyl (C=O) groups excluding carboxylic acids is 2. The Hall–Kier alpha value is -5.70. The molecule has 0 saturated heterocycles. The summed E-state index contributed by atoms with van der Waals surface area (Å²) in [7, 11) is 1.63. The van der Waals surface area contributed by atoms with Gasteiger partial charge in [0.25, 0.3) is 0 Å². The lowest BCUT2D eigenvalue weighted by Gasteiger charge is -2.37. The Morgan fingerprint density at radius 1 is 0.880 bits per heavy atom. The maximum absolute atomic E-state index is 14.6. The minimum Gasteiger partial charge on any atom is -0.496 e. The van der Waals surface area contributed by atoms with E-state index in [-0.39, 0.29) is 18.9 Å². The summed E-state index contributed by atoms with van der Waals surface area (Å²) < 4.78 is 45.1. The number of carbonyl (C=O) groups is 2. The molecule has 0 N–H and O–H groups in total. The van der Waals surface area contributed by atoms with E-state index in [9.17, 15) is 22.8 Å². The Morgan fingerprint density at radius 3 is 2.30 bits per heavy atom. The van der Waals surface area contributed by atoms with Gasteiger partial charge in [0.2, 0.25) is 11.8 Å². The molecule has 0 radical (unpaired) electrons. The average molecular weight is 676 g/mol. The molecule has 0 bridgehead atoms. The van der Waals surface area contributed by atoms with Crippen molar-refractivity contribution in [3.8, 4) is 17.0 Å². The van der Waals surface area contributed by atoms with Gasteiger partial charge in [-0.05, 0) is 65.1 Å². The molecule has 4 aromatic carbocycles. The van der Waals surface area contributed by atoms with Crippen molar-refractivity contribution in [1.82, 2.24) is 14.8 Å². The molecule has 9 heteroatoms. The number of benzene rings is 4. The number of methoxy groups -OCH3 is 1. The lowest BCUT2D eigenvalue weighted by Crippen LogP contribution is -2.52. The van der Waals surface area contributed by atoms with Crippen LogP contribution in [0.25, 0.3) is 17.3 Å². The van der Waals surface area contributed by atoms with Gasteiger partial charge in [-0.15, -0.1) is 0 Å². The molecule has 0 spiro atoms. The first-order chi connectivity index (χ1) is 24.2. The lowest BCUT2D eigenvalue weighted by molar-refractivity contribution is -0.144. The Morgan fingerprint density at radius 2 is 1.62 bits per heavy atom. The molecule has 0 unspecified atom stereocenters. The van der Waals surface area contributed by atoms with Gasteiger partial charge in [0.05, 0.1) is 18.4 Å². The second-order valence-corrected chi connectivity index (χ2v) is 12.1. The molecule has 0 aliphatic carbocycles. The van der Waals surface area contributed by atoms with Gasteiger partial charge in [-0.25, -0.2) is 0 Å². The summed E-state index contributed by atoms with van der Waals surface area (Å²) in [4.78, 5) is 36.6. The summed E-state index contributed by atoms with van der Waals surface area (Å²) in [5.74, 6) is 0.158. The van der Waals surface area contributed by atoms with Gasteiger partial charge in [0.15, 0.2) is 0 Å². The van der Waals surface area contributed by atoms with Crippen molar-refractivity contribution in [3.05, 3.63) is 161 Å². The van der Waals surface area contributed by atoms with E-state index in [4.69, 9.17) is 4.74 Å². The summed E-state index contributed by atoms with van der Waals surface area (Å²) in [5.41, 5.74) is 5.14. The first-order valence-corrected chi connectivity index (χ1v) is 16.3. The highest BCUT2D eigenvalue weighted by molar-refractivity contribution is 5.96. The lowest BCUT2D eigenvalue weighted by atomic mass is 9.96. The second-order valence-electron chi connectivity index (χ2n) is 12.1. The average Bonchev–Trinajstić information content (AvgIpc) is 3.15. The standard InChI is InChI=1S/C41H36F3N3O3/c1-50-38-12-7-10-33-28-46(25-23-35(33)38)40(49)37(26-30-8-3-2-4-9-30)47(27-31-13-18-32(19-14-31)36-11-5-6-24-45-36)39(48)22-17-29-15-20-34(21-16-29)41(42,43)44/h2-22,24,37H,23,25-28H2,1H3/b22-17+/t37-/m0/s1. The zero-order valence-electron chi connectivity index (χ0n) is 27.5. The SMILES string of the molecule is COc1cccc2c1CCN(C(=O)[C@H](Cc1ccccc1)N(Cc1ccc(-c3ccccn3)cc1)C(=O)/C=C/c1ccc(C(F)(F)F)cc1)C2. The smallest absolute Gasteiger partial charge is 0.416 e. The monoisotopic (exact) mass is 675 g/mol. The van der Waals surface area contributed by atoms with Gasteiger partial charge in [-0.1, -0.05) is 84.9 Å². The van der Waals surface area contributed by atoms with Gasteiger partial charge >= 0.3 is 6.18 Å². The molecule has 6 rings (SSSR count). The predicted octanol–water partition coefficient (Wildman–Crippen LogP) is 8.01. The fourth-order valence-corrected chi connectivity index (χ4v) is 6.23. The van der Waals surface area contributed by atoms with Crippen LogP contribution in [-0.4, -0.2) is 46.3 Å². The number of rotatable bonds is 10. The van der Waals surface area contributed by atoms with Crippen molar-refractivity contribution in [3.63, 3.8) is 0 Å². The van der Waals surface area contributed by atoms with Crippen molar-refractivity contribution in [1.29, 1.82) is 0 Å². The Kier molecular flexibility index (Phi) is 10.4. The number of fused-ring (bicyclic) bond motifs is 1. The summed E-state index contributed by atoms with van der Waals surface area (Å²) >= 11 is 0. The van der Waals surface area contributed by atoms with Gasteiger partial charge in [0.1, 0.15) is 11.8 Å². The predicted molar refractivity (Wildman–Crippen MR) is 187 cm³/mol. The number of nitrogens with zero attached hydrogens (tertiary/aromatic N) is 3. The van der Waals surface area contributed by atoms with Gasteiger partial charge in [0, 0.05) is 49.5 Å². The summed E-state index contributed by atoms with van der Waals surface area (Å²) in [6.45, 7) is 0.957. The molecule has 254 valence electrons. The van der Waals surface area contributed by atoms with Gasteiger partial charge in [-0.3, -0.25) is 14.6 Å². The third kappa shape index (κ3) is 8.11. The summed E-state index contributed by atoms with van der Waals surface area (Å²) in [6.07, 6.45) is 0.945. The summed E-state index contributed by atoms with van der Waals surface area (Å²) in [5, 5.41) is 0. The molecule has 1 aromatic heterocycles. The maximum atomic E-state index is 14.6. The Balaban J connectivity index is 1.34. The molecular weight excluding hydrogens is 639 g/mol. The first-order valence-electron chi connectivity index (χ1n) is 16.3. The van der Waals surface area contributed by atoms with Crippen LogP contribution in [0, 0.1) is 0 Å². The molecule has 0 fully saturated rings. The fourth-order valence-electron chi connectivity index (χ4n) is 6.23.